The lowest BCUT2D eigenvalue weighted by Gasteiger charge is -2.09. The Hall–Kier alpha value is -3.98. The van der Waals surface area contributed by atoms with E-state index in [4.69, 9.17) is 11.6 Å². The molecule has 8 nitrogen and oxygen atoms in total. The van der Waals surface area contributed by atoms with Crippen LogP contribution in [0.2, 0.25) is 5.02 Å². The standard InChI is InChI=1S/C21H18ClFN8/c1-14(23)10-27-21(24-2)31-29-12-17-3-4-18(11-26-17)30-19-8-15(7-16(22)9-19)20-5-6-25-13-28-20/h3-13,30H,2H2,1H3,(H,27,31)/b14-10+,29-12+. The number of hydrazone groups is 1. The van der Waals surface area contributed by atoms with Crippen molar-refractivity contribution in [1.29, 1.82) is 0 Å². The molecule has 3 rings (SSSR count). The molecule has 2 N–H and O–H groups in total. The zero-order chi connectivity index (χ0) is 22.1. The number of nitrogens with one attached hydrogen (secondary N) is 2. The van der Waals surface area contributed by atoms with E-state index in [1.165, 1.54) is 19.5 Å². The molecule has 0 aliphatic rings. The first-order valence-corrected chi connectivity index (χ1v) is 9.37. The summed E-state index contributed by atoms with van der Waals surface area (Å²) in [5.41, 5.74) is 6.34. The third kappa shape index (κ3) is 6.79. The molecule has 2 aromatic heterocycles. The number of aliphatic imine (C=N–C) groups is 2. The first-order chi connectivity index (χ1) is 15.0. The van der Waals surface area contributed by atoms with Gasteiger partial charge in [0.05, 0.1) is 35.7 Å². The van der Waals surface area contributed by atoms with E-state index in [9.17, 15) is 4.39 Å². The van der Waals surface area contributed by atoms with Gasteiger partial charge in [0.2, 0.25) is 5.96 Å². The van der Waals surface area contributed by atoms with Gasteiger partial charge in [-0.25, -0.2) is 29.8 Å². The number of hydrogen-bond donors (Lipinski definition) is 2. The molecule has 0 fully saturated rings. The summed E-state index contributed by atoms with van der Waals surface area (Å²) in [4.78, 5) is 19.8. The van der Waals surface area contributed by atoms with Crippen LogP contribution < -0.4 is 10.7 Å². The fourth-order valence-electron chi connectivity index (χ4n) is 2.40. The highest BCUT2D eigenvalue weighted by Gasteiger charge is 2.04. The topological polar surface area (TPSA) is 99.8 Å². The Bertz CT molecular complexity index is 1120. The van der Waals surface area contributed by atoms with Crippen LogP contribution in [0.4, 0.5) is 15.8 Å². The Morgan fingerprint density at radius 2 is 2.03 bits per heavy atom. The minimum atomic E-state index is -0.458. The van der Waals surface area contributed by atoms with Gasteiger partial charge in [0.15, 0.2) is 0 Å². The second-order valence-corrected chi connectivity index (χ2v) is 6.55. The number of rotatable bonds is 6. The van der Waals surface area contributed by atoms with Gasteiger partial charge in [0.1, 0.15) is 12.2 Å². The smallest absolute Gasteiger partial charge is 0.242 e. The zero-order valence-electron chi connectivity index (χ0n) is 16.5. The van der Waals surface area contributed by atoms with E-state index < -0.39 is 5.83 Å². The molecule has 3 aromatic rings. The molecule has 10 heteroatoms. The van der Waals surface area contributed by atoms with Gasteiger partial charge in [-0.3, -0.25) is 4.98 Å². The maximum atomic E-state index is 12.7. The van der Waals surface area contributed by atoms with Crippen molar-refractivity contribution in [3.05, 3.63) is 77.9 Å². The average molecular weight is 437 g/mol. The molecule has 1 aromatic carbocycles. The number of hydrogen-bond acceptors (Lipinski definition) is 6. The van der Waals surface area contributed by atoms with Crippen molar-refractivity contribution in [2.24, 2.45) is 15.1 Å². The minimum absolute atomic E-state index is 0.0620. The van der Waals surface area contributed by atoms with Crippen molar-refractivity contribution >= 4 is 41.9 Å². The quantitative estimate of drug-likeness (QED) is 0.330. The van der Waals surface area contributed by atoms with Gasteiger partial charge >= 0.3 is 0 Å². The van der Waals surface area contributed by atoms with Gasteiger partial charge in [0.25, 0.3) is 0 Å². The highest BCUT2D eigenvalue weighted by atomic mass is 35.5. The molecular formula is C21H18ClFN8. The summed E-state index contributed by atoms with van der Waals surface area (Å²) < 4.78 is 12.7. The summed E-state index contributed by atoms with van der Waals surface area (Å²) >= 11 is 6.26. The Morgan fingerprint density at radius 3 is 2.71 bits per heavy atom. The SMILES string of the molecule is C=NC(=N/C=C(\C)F)N/N=C/c1ccc(Nc2cc(Cl)cc(-c3ccncn3)c2)cn1. The Morgan fingerprint density at radius 1 is 1.16 bits per heavy atom. The molecule has 0 unspecified atom stereocenters. The first-order valence-electron chi connectivity index (χ1n) is 8.99. The Kier molecular flexibility index (Phi) is 7.50. The van der Waals surface area contributed by atoms with Crippen LogP contribution in [0.15, 0.2) is 82.2 Å². The monoisotopic (exact) mass is 436 g/mol. The fourth-order valence-corrected chi connectivity index (χ4v) is 2.64. The van der Waals surface area contributed by atoms with E-state index in [2.05, 4.69) is 47.5 Å². The summed E-state index contributed by atoms with van der Waals surface area (Å²) in [5, 5.41) is 7.79. The molecule has 0 saturated carbocycles. The maximum absolute atomic E-state index is 12.7. The van der Waals surface area contributed by atoms with E-state index in [-0.39, 0.29) is 5.96 Å². The third-order valence-electron chi connectivity index (χ3n) is 3.73. The predicted molar refractivity (Wildman–Crippen MR) is 123 cm³/mol. The normalized spacial score (nSPS) is 12.1. The lowest BCUT2D eigenvalue weighted by Crippen LogP contribution is -2.14. The van der Waals surface area contributed by atoms with E-state index in [1.807, 2.05) is 30.3 Å². The summed E-state index contributed by atoms with van der Waals surface area (Å²) in [6, 6.07) is 11.0. The van der Waals surface area contributed by atoms with Crippen molar-refractivity contribution < 1.29 is 4.39 Å². The van der Waals surface area contributed by atoms with Crippen molar-refractivity contribution in [2.75, 3.05) is 5.32 Å². The highest BCUT2D eigenvalue weighted by Crippen LogP contribution is 2.27. The van der Waals surface area contributed by atoms with E-state index in [1.54, 1.807) is 18.5 Å². The number of nitrogens with zero attached hydrogens (tertiary/aromatic N) is 6. The lowest BCUT2D eigenvalue weighted by molar-refractivity contribution is 0.637. The number of guanidine groups is 1. The van der Waals surface area contributed by atoms with Crippen molar-refractivity contribution in [3.63, 3.8) is 0 Å². The van der Waals surface area contributed by atoms with Crippen LogP contribution in [-0.4, -0.2) is 33.8 Å². The van der Waals surface area contributed by atoms with Crippen LogP contribution in [0.1, 0.15) is 12.6 Å². The van der Waals surface area contributed by atoms with E-state index >= 15 is 0 Å². The van der Waals surface area contributed by atoms with Crippen LogP contribution >= 0.6 is 11.6 Å². The molecule has 31 heavy (non-hydrogen) atoms. The second-order valence-electron chi connectivity index (χ2n) is 6.12. The number of aromatic nitrogens is 3. The van der Waals surface area contributed by atoms with Gasteiger partial charge in [-0.1, -0.05) is 11.6 Å². The number of halogens is 2. The molecule has 0 amide bonds. The average Bonchev–Trinajstić information content (AvgIpc) is 2.77. The van der Waals surface area contributed by atoms with Gasteiger partial charge < -0.3 is 5.32 Å². The largest absolute Gasteiger partial charge is 0.354 e. The molecule has 0 atom stereocenters. The van der Waals surface area contributed by atoms with Gasteiger partial charge in [-0.2, -0.15) is 5.10 Å². The Balaban J connectivity index is 1.67. The van der Waals surface area contributed by atoms with Crippen molar-refractivity contribution in [3.8, 4) is 11.3 Å². The zero-order valence-corrected chi connectivity index (χ0v) is 17.3. The number of allylic oxidation sites excluding steroid dienone is 1. The molecular weight excluding hydrogens is 419 g/mol. The number of anilines is 2. The molecule has 156 valence electrons. The summed E-state index contributed by atoms with van der Waals surface area (Å²) in [6.07, 6.45) is 7.30. The fraction of sp³-hybridized carbons (Fsp3) is 0.0476. The molecule has 0 saturated heterocycles. The van der Waals surface area contributed by atoms with Crippen LogP contribution in [-0.2, 0) is 0 Å². The molecule has 0 aliphatic carbocycles. The molecule has 0 aliphatic heterocycles. The van der Waals surface area contributed by atoms with Gasteiger partial charge in [-0.05, 0) is 50.0 Å². The summed E-state index contributed by atoms with van der Waals surface area (Å²) in [7, 11) is 0. The van der Waals surface area contributed by atoms with Crippen LogP contribution in [0.3, 0.4) is 0 Å². The molecule has 0 bridgehead atoms. The summed E-state index contributed by atoms with van der Waals surface area (Å²) in [5.74, 6) is -0.396. The Labute approximate surface area is 183 Å². The molecule has 0 spiro atoms. The van der Waals surface area contributed by atoms with Gasteiger partial charge in [0, 0.05) is 22.5 Å². The third-order valence-corrected chi connectivity index (χ3v) is 3.94. The first kappa shape index (κ1) is 21.7. The highest BCUT2D eigenvalue weighted by molar-refractivity contribution is 6.31. The van der Waals surface area contributed by atoms with E-state index in [0.29, 0.717) is 10.7 Å². The lowest BCUT2D eigenvalue weighted by atomic mass is 10.1. The molecule has 2 heterocycles. The van der Waals surface area contributed by atoms with Crippen molar-refractivity contribution in [2.45, 2.75) is 6.92 Å². The van der Waals surface area contributed by atoms with E-state index in [0.717, 1.165) is 28.8 Å². The van der Waals surface area contributed by atoms with Crippen LogP contribution in [0.25, 0.3) is 11.3 Å². The predicted octanol–water partition coefficient (Wildman–Crippen LogP) is 4.75. The van der Waals surface area contributed by atoms with Crippen molar-refractivity contribution in [1.82, 2.24) is 20.4 Å². The summed E-state index contributed by atoms with van der Waals surface area (Å²) in [6.45, 7) is 4.61. The maximum Gasteiger partial charge on any atom is 0.242 e. The number of pyridine rings is 1. The second kappa shape index (κ2) is 10.7. The van der Waals surface area contributed by atoms with Crippen LogP contribution in [0, 0.1) is 0 Å². The number of benzene rings is 1. The van der Waals surface area contributed by atoms with Crippen LogP contribution in [0.5, 0.6) is 0 Å². The minimum Gasteiger partial charge on any atom is -0.354 e. The van der Waals surface area contributed by atoms with Gasteiger partial charge in [-0.15, -0.1) is 0 Å². The molecule has 0 radical (unpaired) electrons.